The molecule has 0 aromatic carbocycles. The molecular formula is C20H41B4O7PS. The van der Waals surface area contributed by atoms with Crippen molar-refractivity contribution in [2.75, 3.05) is 12.4 Å². The van der Waals surface area contributed by atoms with Gasteiger partial charge in [0.15, 0.2) is 0 Å². The Morgan fingerprint density at radius 2 is 1.61 bits per heavy atom. The first-order chi connectivity index (χ1) is 15.5. The average Bonchev–Trinajstić information content (AvgIpc) is 3.28. The van der Waals surface area contributed by atoms with E-state index in [1.54, 1.807) is 0 Å². The molecule has 0 aliphatic carbocycles. The van der Waals surface area contributed by atoms with Crippen molar-refractivity contribution in [3.05, 3.63) is 0 Å². The molecule has 3 aliphatic heterocycles. The van der Waals surface area contributed by atoms with Gasteiger partial charge in [0.1, 0.15) is 20.4 Å². The Morgan fingerprint density at radius 1 is 0.970 bits per heavy atom. The zero-order valence-electron chi connectivity index (χ0n) is 21.2. The van der Waals surface area contributed by atoms with Crippen molar-refractivity contribution in [3.8, 4) is 0 Å². The molecular weight excluding hydrogens is 459 g/mol. The van der Waals surface area contributed by atoms with Gasteiger partial charge in [-0.1, -0.05) is 25.5 Å². The molecule has 3 heterocycles. The number of hydrogen-bond acceptors (Lipinski definition) is 7. The molecule has 3 saturated heterocycles. The summed E-state index contributed by atoms with van der Waals surface area (Å²) in [7, 11) is 4.10. The fourth-order valence-corrected chi connectivity index (χ4v) is 7.77. The van der Waals surface area contributed by atoms with E-state index in [0.29, 0.717) is 30.4 Å². The van der Waals surface area contributed by atoms with E-state index in [0.717, 1.165) is 46.5 Å². The van der Waals surface area contributed by atoms with Crippen molar-refractivity contribution in [1.82, 2.24) is 0 Å². The maximum atomic E-state index is 13.0. The molecule has 0 saturated carbocycles. The first kappa shape index (κ1) is 28.2. The van der Waals surface area contributed by atoms with Gasteiger partial charge < -0.3 is 23.8 Å². The predicted octanol–water partition coefficient (Wildman–Crippen LogP) is 1.86. The third kappa shape index (κ3) is 8.89. The van der Waals surface area contributed by atoms with E-state index < -0.39 is 12.9 Å². The van der Waals surface area contributed by atoms with Gasteiger partial charge >= 0.3 is 6.80 Å². The summed E-state index contributed by atoms with van der Waals surface area (Å²) in [5, 5.41) is 0. The molecule has 33 heavy (non-hydrogen) atoms. The Balaban J connectivity index is 1.73. The van der Waals surface area contributed by atoms with E-state index in [4.69, 9.17) is 23.5 Å². The third-order valence-corrected chi connectivity index (χ3v) is 10.2. The summed E-state index contributed by atoms with van der Waals surface area (Å²) in [5.74, 6) is 1.55. The van der Waals surface area contributed by atoms with Gasteiger partial charge in [-0.05, 0) is 51.9 Å². The molecule has 0 radical (unpaired) electrons. The van der Waals surface area contributed by atoms with Crippen LogP contribution in [0.5, 0.6) is 0 Å². The maximum absolute atomic E-state index is 13.0. The summed E-state index contributed by atoms with van der Waals surface area (Å²) < 4.78 is 43.3. The normalized spacial score (nSPS) is 42.5. The SMILES string of the molecule is CC(C)OCC1OC2BBC(C)C(C)BBC3CC(OC(C)C)C(CSP(=O)(O)OC1C2)O3. The Hall–Kier alpha value is 0.600. The van der Waals surface area contributed by atoms with Gasteiger partial charge in [0.05, 0.1) is 51.5 Å². The smallest absolute Gasteiger partial charge is 0.381 e. The Labute approximate surface area is 206 Å². The summed E-state index contributed by atoms with van der Waals surface area (Å²) in [5.41, 5.74) is 0. The molecule has 3 rings (SSSR count). The van der Waals surface area contributed by atoms with Crippen molar-refractivity contribution in [1.29, 1.82) is 0 Å². The highest BCUT2D eigenvalue weighted by Crippen LogP contribution is 2.58. The summed E-state index contributed by atoms with van der Waals surface area (Å²) in [6.07, 6.45) is 0.579. The van der Waals surface area contributed by atoms with E-state index in [-0.39, 0.29) is 42.5 Å². The maximum Gasteiger partial charge on any atom is 0.387 e. The molecule has 3 fully saturated rings. The van der Waals surface area contributed by atoms with Gasteiger partial charge in [0.25, 0.3) is 0 Å². The van der Waals surface area contributed by atoms with Gasteiger partial charge in [-0.2, -0.15) is 0 Å². The van der Waals surface area contributed by atoms with Crippen LogP contribution in [-0.2, 0) is 28.0 Å². The summed E-state index contributed by atoms with van der Waals surface area (Å²) in [6.45, 7) is 9.13. The number of hydrogen-bond donors (Lipinski definition) is 1. The fourth-order valence-electron chi connectivity index (χ4n) is 4.99. The second kappa shape index (κ2) is 12.7. The molecule has 0 spiro atoms. The van der Waals surface area contributed by atoms with E-state index in [1.807, 2.05) is 27.7 Å². The van der Waals surface area contributed by atoms with Crippen LogP contribution in [0.4, 0.5) is 0 Å². The first-order valence-electron chi connectivity index (χ1n) is 12.8. The number of fused-ring (bicyclic) bond motifs is 4. The standard InChI is InChI=1S/C20H41B4O7PS/c1-11(2)27-9-17-16-8-20(29-17)24-22-14(6)13(5)21-23-19-7-15(28-12(3)4)18(30-19)10-33-32(25,26)31-16/h11-24H,7-10H2,1-6H3,(H,25,26). The van der Waals surface area contributed by atoms with Crippen LogP contribution in [0.25, 0.3) is 0 Å². The monoisotopic (exact) mass is 500 g/mol. The van der Waals surface area contributed by atoms with Gasteiger partial charge in [-0.25, -0.2) is 4.57 Å². The Bertz CT molecular complexity index is 664. The van der Waals surface area contributed by atoms with Crippen molar-refractivity contribution in [3.63, 3.8) is 0 Å². The molecule has 3 aliphatic rings. The second-order valence-corrected chi connectivity index (χ2v) is 14.6. The van der Waals surface area contributed by atoms with E-state index in [2.05, 4.69) is 13.8 Å². The predicted molar refractivity (Wildman–Crippen MR) is 142 cm³/mol. The van der Waals surface area contributed by atoms with Crippen molar-refractivity contribution in [2.45, 2.75) is 115 Å². The highest BCUT2D eigenvalue weighted by Gasteiger charge is 2.43. The molecule has 0 aromatic heterocycles. The minimum atomic E-state index is -3.88. The molecule has 4 bridgehead atoms. The molecule has 0 amide bonds. The number of ether oxygens (including phenoxy) is 4. The Kier molecular flexibility index (Phi) is 10.9. The lowest BCUT2D eigenvalue weighted by atomic mass is 9.23. The van der Waals surface area contributed by atoms with Gasteiger partial charge in [-0.15, -0.1) is 0 Å². The molecule has 9 unspecified atom stereocenters. The zero-order chi connectivity index (χ0) is 24.2. The van der Waals surface area contributed by atoms with E-state index >= 15 is 0 Å². The lowest BCUT2D eigenvalue weighted by molar-refractivity contribution is -0.0424. The fraction of sp³-hybridized carbons (Fsp3) is 1.00. The zero-order valence-corrected chi connectivity index (χ0v) is 22.9. The van der Waals surface area contributed by atoms with Crippen LogP contribution in [0.1, 0.15) is 54.4 Å². The topological polar surface area (TPSA) is 83.5 Å². The van der Waals surface area contributed by atoms with Crippen LogP contribution < -0.4 is 0 Å². The van der Waals surface area contributed by atoms with Gasteiger partial charge in [0.2, 0.25) is 0 Å². The van der Waals surface area contributed by atoms with Crippen LogP contribution in [0.3, 0.4) is 0 Å². The highest BCUT2D eigenvalue weighted by molar-refractivity contribution is 8.54. The van der Waals surface area contributed by atoms with Crippen LogP contribution in [-0.4, -0.2) is 94.6 Å². The minimum Gasteiger partial charge on any atom is -0.381 e. The van der Waals surface area contributed by atoms with Crippen molar-refractivity contribution >= 4 is 46.9 Å². The summed E-state index contributed by atoms with van der Waals surface area (Å²) >= 11 is 0.957. The quantitative estimate of drug-likeness (QED) is 0.453. The van der Waals surface area contributed by atoms with E-state index in [9.17, 15) is 9.46 Å². The van der Waals surface area contributed by atoms with Crippen LogP contribution in [0.2, 0.25) is 11.6 Å². The minimum absolute atomic E-state index is 0.0339. The van der Waals surface area contributed by atoms with Crippen molar-refractivity contribution < 1.29 is 32.9 Å². The van der Waals surface area contributed by atoms with Crippen LogP contribution in [0.15, 0.2) is 0 Å². The van der Waals surface area contributed by atoms with Crippen LogP contribution in [0, 0.1) is 0 Å². The van der Waals surface area contributed by atoms with Gasteiger partial charge in [0, 0.05) is 17.8 Å². The molecule has 13 heteroatoms. The second-order valence-electron chi connectivity index (χ2n) is 10.7. The number of rotatable bonds is 5. The van der Waals surface area contributed by atoms with Crippen LogP contribution >= 0.6 is 18.2 Å². The summed E-state index contributed by atoms with van der Waals surface area (Å²) in [6, 6.07) is 0.171. The Morgan fingerprint density at radius 3 is 2.21 bits per heavy atom. The molecule has 1 N–H and O–H groups in total. The first-order valence-corrected chi connectivity index (χ1v) is 15.9. The molecule has 9 atom stereocenters. The molecule has 7 nitrogen and oxygen atoms in total. The third-order valence-electron chi connectivity index (χ3n) is 7.12. The molecule has 186 valence electrons. The van der Waals surface area contributed by atoms with Gasteiger partial charge in [-0.3, -0.25) is 4.52 Å². The highest BCUT2D eigenvalue weighted by atomic mass is 32.7. The summed E-state index contributed by atoms with van der Waals surface area (Å²) in [4.78, 5) is 10.7. The average molecular weight is 500 g/mol. The molecule has 0 aromatic rings. The lowest BCUT2D eigenvalue weighted by Gasteiger charge is -2.24. The lowest BCUT2D eigenvalue weighted by Crippen LogP contribution is -2.31. The van der Waals surface area contributed by atoms with Crippen molar-refractivity contribution in [2.24, 2.45) is 0 Å². The largest absolute Gasteiger partial charge is 0.387 e. The van der Waals surface area contributed by atoms with E-state index in [1.165, 1.54) is 0 Å².